The summed E-state index contributed by atoms with van der Waals surface area (Å²) in [6.45, 7) is 5.46. The molecule has 1 aromatic carbocycles. The Morgan fingerprint density at radius 2 is 1.76 bits per heavy atom. The summed E-state index contributed by atoms with van der Waals surface area (Å²) in [5.74, 6) is -2.09. The third-order valence-corrected chi connectivity index (χ3v) is 4.99. The first kappa shape index (κ1) is 15.6. The number of hydrogen-bond acceptors (Lipinski definition) is 5. The standard InChI is InChI=1S/C18H17N3O4/c1-10-5-7-20(8-6-10)12-4-2-3-11-15(12)18(25)21(17(11)24)13-9-14(22)19-16(13)23/h2-4,13H,1,5-9H2,(H,19,22,23). The highest BCUT2D eigenvalue weighted by atomic mass is 16.2. The maximum Gasteiger partial charge on any atom is 0.264 e. The number of fused-ring (bicyclic) bond motifs is 1. The van der Waals surface area contributed by atoms with Crippen LogP contribution in [0, 0.1) is 0 Å². The first-order chi connectivity index (χ1) is 12.0. The van der Waals surface area contributed by atoms with Crippen molar-refractivity contribution in [1.29, 1.82) is 0 Å². The molecule has 128 valence electrons. The number of benzene rings is 1. The smallest absolute Gasteiger partial charge is 0.264 e. The minimum Gasteiger partial charge on any atom is -0.370 e. The fraction of sp³-hybridized carbons (Fsp3) is 0.333. The summed E-state index contributed by atoms with van der Waals surface area (Å²) in [5.41, 5.74) is 2.50. The first-order valence-corrected chi connectivity index (χ1v) is 8.23. The van der Waals surface area contributed by atoms with Gasteiger partial charge in [0.2, 0.25) is 11.8 Å². The topological polar surface area (TPSA) is 86.8 Å². The van der Waals surface area contributed by atoms with Crippen LogP contribution < -0.4 is 10.2 Å². The predicted octanol–water partition coefficient (Wildman–Crippen LogP) is 0.854. The highest BCUT2D eigenvalue weighted by Gasteiger charge is 2.47. The first-order valence-electron chi connectivity index (χ1n) is 8.23. The van der Waals surface area contributed by atoms with Crippen LogP contribution in [0.3, 0.4) is 0 Å². The van der Waals surface area contributed by atoms with Crippen molar-refractivity contribution in [1.82, 2.24) is 10.2 Å². The molecular weight excluding hydrogens is 322 g/mol. The van der Waals surface area contributed by atoms with E-state index in [0.29, 0.717) is 16.8 Å². The van der Waals surface area contributed by atoms with Crippen LogP contribution in [0.25, 0.3) is 0 Å². The van der Waals surface area contributed by atoms with Gasteiger partial charge in [0.15, 0.2) is 0 Å². The molecule has 1 N–H and O–H groups in total. The van der Waals surface area contributed by atoms with Crippen LogP contribution in [0.2, 0.25) is 0 Å². The molecule has 3 aliphatic rings. The molecule has 3 aliphatic heterocycles. The zero-order valence-corrected chi connectivity index (χ0v) is 13.6. The Bertz CT molecular complexity index is 835. The number of imide groups is 2. The molecule has 4 amide bonds. The Hall–Kier alpha value is -2.96. The highest BCUT2D eigenvalue weighted by molar-refractivity contribution is 6.26. The van der Waals surface area contributed by atoms with Crippen molar-refractivity contribution in [3.63, 3.8) is 0 Å². The van der Waals surface area contributed by atoms with Gasteiger partial charge in [0.1, 0.15) is 6.04 Å². The minimum atomic E-state index is -1.06. The summed E-state index contributed by atoms with van der Waals surface area (Å²) in [7, 11) is 0. The molecule has 2 saturated heterocycles. The maximum absolute atomic E-state index is 12.9. The second-order valence-corrected chi connectivity index (χ2v) is 6.55. The Balaban J connectivity index is 1.71. The zero-order chi connectivity index (χ0) is 17.7. The second kappa shape index (κ2) is 5.54. The quantitative estimate of drug-likeness (QED) is 0.638. The van der Waals surface area contributed by atoms with Crippen molar-refractivity contribution in [2.75, 3.05) is 18.0 Å². The third-order valence-electron chi connectivity index (χ3n) is 4.99. The van der Waals surface area contributed by atoms with E-state index in [-0.39, 0.29) is 6.42 Å². The fourth-order valence-electron chi connectivity index (χ4n) is 3.64. The van der Waals surface area contributed by atoms with Gasteiger partial charge in [0.25, 0.3) is 11.8 Å². The highest BCUT2D eigenvalue weighted by Crippen LogP contribution is 2.35. The van der Waals surface area contributed by atoms with Crippen molar-refractivity contribution in [2.45, 2.75) is 25.3 Å². The summed E-state index contributed by atoms with van der Waals surface area (Å²) < 4.78 is 0. The number of nitrogens with zero attached hydrogens (tertiary/aromatic N) is 2. The van der Waals surface area contributed by atoms with Gasteiger partial charge in [0.05, 0.1) is 23.2 Å². The van der Waals surface area contributed by atoms with E-state index in [1.807, 2.05) is 6.07 Å². The molecule has 0 aliphatic carbocycles. The molecule has 2 fully saturated rings. The van der Waals surface area contributed by atoms with Gasteiger partial charge in [-0.05, 0) is 25.0 Å². The van der Waals surface area contributed by atoms with Gasteiger partial charge in [-0.3, -0.25) is 29.4 Å². The van der Waals surface area contributed by atoms with Crippen molar-refractivity contribution < 1.29 is 19.2 Å². The number of nitrogens with one attached hydrogen (secondary N) is 1. The third kappa shape index (κ3) is 2.34. The van der Waals surface area contributed by atoms with Gasteiger partial charge in [-0.25, -0.2) is 0 Å². The van der Waals surface area contributed by atoms with E-state index in [4.69, 9.17) is 0 Å². The molecule has 25 heavy (non-hydrogen) atoms. The number of hydrogen-bond donors (Lipinski definition) is 1. The molecule has 1 unspecified atom stereocenters. The number of amides is 4. The number of carbonyl (C=O) groups is 4. The van der Waals surface area contributed by atoms with E-state index in [1.165, 1.54) is 5.57 Å². The number of anilines is 1. The summed E-state index contributed by atoms with van der Waals surface area (Å²) in [6, 6.07) is 4.10. The summed E-state index contributed by atoms with van der Waals surface area (Å²) in [6.07, 6.45) is 1.51. The van der Waals surface area contributed by atoms with Crippen molar-refractivity contribution in [3.05, 3.63) is 41.5 Å². The molecule has 0 bridgehead atoms. The fourth-order valence-corrected chi connectivity index (χ4v) is 3.64. The van der Waals surface area contributed by atoms with Crippen LogP contribution in [0.4, 0.5) is 5.69 Å². The average Bonchev–Trinajstić information content (AvgIpc) is 3.05. The molecule has 0 spiro atoms. The SMILES string of the molecule is C=C1CCN(c2cccc3c2C(=O)N(C2CC(=O)NC2=O)C3=O)CC1. The van der Waals surface area contributed by atoms with Gasteiger partial charge in [0, 0.05) is 13.1 Å². The lowest BCUT2D eigenvalue weighted by molar-refractivity contribution is -0.125. The number of piperidine rings is 1. The van der Waals surface area contributed by atoms with Crippen LogP contribution in [-0.2, 0) is 9.59 Å². The van der Waals surface area contributed by atoms with E-state index in [9.17, 15) is 19.2 Å². The summed E-state index contributed by atoms with van der Waals surface area (Å²) >= 11 is 0. The van der Waals surface area contributed by atoms with Gasteiger partial charge in [-0.2, -0.15) is 0 Å². The predicted molar refractivity (Wildman–Crippen MR) is 89.1 cm³/mol. The van der Waals surface area contributed by atoms with Crippen LogP contribution in [0.5, 0.6) is 0 Å². The molecule has 3 heterocycles. The lowest BCUT2D eigenvalue weighted by Crippen LogP contribution is -2.44. The maximum atomic E-state index is 12.9. The zero-order valence-electron chi connectivity index (χ0n) is 13.6. The van der Waals surface area contributed by atoms with Crippen molar-refractivity contribution in [2.24, 2.45) is 0 Å². The van der Waals surface area contributed by atoms with Gasteiger partial charge in [-0.1, -0.05) is 18.2 Å². The minimum absolute atomic E-state index is 0.177. The average molecular weight is 339 g/mol. The van der Waals surface area contributed by atoms with E-state index < -0.39 is 29.7 Å². The Labute approximate surface area is 144 Å². The molecule has 1 atom stereocenters. The van der Waals surface area contributed by atoms with Crippen molar-refractivity contribution >= 4 is 29.3 Å². The molecule has 7 heteroatoms. The molecule has 1 aromatic rings. The van der Waals surface area contributed by atoms with Crippen LogP contribution in [-0.4, -0.2) is 47.7 Å². The van der Waals surface area contributed by atoms with Gasteiger partial charge < -0.3 is 4.90 Å². The van der Waals surface area contributed by atoms with E-state index >= 15 is 0 Å². The molecule has 0 radical (unpaired) electrons. The van der Waals surface area contributed by atoms with Crippen LogP contribution in [0.15, 0.2) is 30.4 Å². The Kier molecular flexibility index (Phi) is 3.45. The molecule has 7 nitrogen and oxygen atoms in total. The largest absolute Gasteiger partial charge is 0.370 e. The lowest BCUT2D eigenvalue weighted by atomic mass is 10.0. The number of rotatable bonds is 2. The Morgan fingerprint density at radius 1 is 1.04 bits per heavy atom. The van der Waals surface area contributed by atoms with Gasteiger partial charge >= 0.3 is 0 Å². The molecule has 4 rings (SSSR count). The normalized spacial score (nSPS) is 23.4. The van der Waals surface area contributed by atoms with E-state index in [1.54, 1.807) is 12.1 Å². The summed E-state index contributed by atoms with van der Waals surface area (Å²) in [5, 5.41) is 2.15. The van der Waals surface area contributed by atoms with Crippen LogP contribution in [0.1, 0.15) is 40.0 Å². The van der Waals surface area contributed by atoms with Crippen molar-refractivity contribution in [3.8, 4) is 0 Å². The van der Waals surface area contributed by atoms with Crippen LogP contribution >= 0.6 is 0 Å². The molecular formula is C18H17N3O4. The second-order valence-electron chi connectivity index (χ2n) is 6.55. The Morgan fingerprint density at radius 3 is 2.40 bits per heavy atom. The van der Waals surface area contributed by atoms with Gasteiger partial charge in [-0.15, -0.1) is 0 Å². The molecule has 0 saturated carbocycles. The monoisotopic (exact) mass is 339 g/mol. The van der Waals surface area contributed by atoms with E-state index in [0.717, 1.165) is 30.8 Å². The van der Waals surface area contributed by atoms with E-state index in [2.05, 4.69) is 16.8 Å². The summed E-state index contributed by atoms with van der Waals surface area (Å²) in [4.78, 5) is 52.1. The lowest BCUT2D eigenvalue weighted by Gasteiger charge is -2.31. The number of carbonyl (C=O) groups excluding carboxylic acids is 4. The molecule has 0 aromatic heterocycles.